The van der Waals surface area contributed by atoms with Gasteiger partial charge in [0.1, 0.15) is 0 Å². The molecule has 1 N–H and O–H groups in total. The molecule has 0 saturated heterocycles. The van der Waals surface area contributed by atoms with Crippen molar-refractivity contribution in [2.45, 2.75) is 40.7 Å². The Bertz CT molecular complexity index is 1080. The smallest absolute Gasteiger partial charge is 0.335 e. The number of carboxylic acids is 1. The van der Waals surface area contributed by atoms with Crippen molar-refractivity contribution < 1.29 is 14.7 Å². The summed E-state index contributed by atoms with van der Waals surface area (Å²) in [6, 6.07) is 12.6. The lowest BCUT2D eigenvalue weighted by Gasteiger charge is -2.15. The summed E-state index contributed by atoms with van der Waals surface area (Å²) in [4.78, 5) is 24.7. The first kappa shape index (κ1) is 21.1. The fourth-order valence-corrected chi connectivity index (χ4v) is 3.87. The third-order valence-corrected chi connectivity index (χ3v) is 5.45. The van der Waals surface area contributed by atoms with Crippen LogP contribution in [-0.2, 0) is 13.0 Å². The van der Waals surface area contributed by atoms with E-state index in [0.717, 1.165) is 28.6 Å². The maximum Gasteiger partial charge on any atom is 0.335 e. The van der Waals surface area contributed by atoms with Gasteiger partial charge in [-0.1, -0.05) is 63.6 Å². The van der Waals surface area contributed by atoms with Gasteiger partial charge in [-0.15, -0.1) is 0 Å². The summed E-state index contributed by atoms with van der Waals surface area (Å²) in [5, 5.41) is 10.9. The van der Waals surface area contributed by atoms with Gasteiger partial charge in [0.05, 0.1) is 11.1 Å². The first-order valence-corrected chi connectivity index (χ1v) is 10.2. The van der Waals surface area contributed by atoms with Crippen LogP contribution in [0.3, 0.4) is 0 Å². The number of hydrogen-bond acceptors (Lipinski definition) is 2. The maximum absolute atomic E-state index is 13.2. The second-order valence-corrected chi connectivity index (χ2v) is 8.56. The Morgan fingerprint density at radius 1 is 1.07 bits per heavy atom. The molecule has 0 bridgehead atoms. The number of carboxylic acid groups (broad SMARTS) is 1. The lowest BCUT2D eigenvalue weighted by Crippen LogP contribution is -2.14. The van der Waals surface area contributed by atoms with Crippen LogP contribution in [-0.4, -0.2) is 21.4 Å². The quantitative estimate of drug-likeness (QED) is 0.479. The molecule has 29 heavy (non-hydrogen) atoms. The highest BCUT2D eigenvalue weighted by molar-refractivity contribution is 6.31. The van der Waals surface area contributed by atoms with Crippen LogP contribution in [0.2, 0.25) is 5.02 Å². The van der Waals surface area contributed by atoms with E-state index in [2.05, 4.69) is 18.4 Å². The summed E-state index contributed by atoms with van der Waals surface area (Å²) in [7, 11) is 0. The topological polar surface area (TPSA) is 59.3 Å². The van der Waals surface area contributed by atoms with Crippen molar-refractivity contribution >= 4 is 34.3 Å². The number of carbonyl (C=O) groups is 2. The van der Waals surface area contributed by atoms with E-state index < -0.39 is 5.97 Å². The van der Waals surface area contributed by atoms with E-state index in [1.807, 2.05) is 38.1 Å². The van der Waals surface area contributed by atoms with Gasteiger partial charge in [-0.3, -0.25) is 4.79 Å². The van der Waals surface area contributed by atoms with Gasteiger partial charge < -0.3 is 9.67 Å². The van der Waals surface area contributed by atoms with Crippen LogP contribution in [0.4, 0.5) is 0 Å². The van der Waals surface area contributed by atoms with Crippen molar-refractivity contribution in [3.05, 3.63) is 69.9 Å². The summed E-state index contributed by atoms with van der Waals surface area (Å²) < 4.78 is 2.07. The molecule has 0 saturated carbocycles. The predicted octanol–water partition coefficient (Wildman–Crippen LogP) is 6.08. The summed E-state index contributed by atoms with van der Waals surface area (Å²) in [6.07, 6.45) is 0.718. The van der Waals surface area contributed by atoms with Crippen LogP contribution in [0, 0.1) is 11.8 Å². The van der Waals surface area contributed by atoms with E-state index in [1.54, 1.807) is 18.2 Å². The number of benzene rings is 2. The normalized spacial score (nSPS) is 11.6. The summed E-state index contributed by atoms with van der Waals surface area (Å²) in [6.45, 7) is 8.50. The SMILES string of the molecule is CC(C)Cc1c(C(=O)C(C)C)c2ccc(C(=O)O)cc2n1Cc1ccccc1Cl. The van der Waals surface area contributed by atoms with Gasteiger partial charge in [0.2, 0.25) is 0 Å². The van der Waals surface area contributed by atoms with Crippen LogP contribution in [0.25, 0.3) is 10.9 Å². The number of aromatic nitrogens is 1. The minimum atomic E-state index is -0.987. The van der Waals surface area contributed by atoms with Crippen LogP contribution in [0.1, 0.15) is 59.7 Å². The molecule has 0 amide bonds. The molecule has 0 aliphatic rings. The highest BCUT2D eigenvalue weighted by atomic mass is 35.5. The molecular weight excluding hydrogens is 386 g/mol. The van der Waals surface area contributed by atoms with E-state index in [9.17, 15) is 14.7 Å². The first-order chi connectivity index (χ1) is 13.7. The zero-order chi connectivity index (χ0) is 21.3. The Labute approximate surface area is 176 Å². The molecule has 2 aromatic carbocycles. The molecule has 3 rings (SSSR count). The average molecular weight is 412 g/mol. The van der Waals surface area contributed by atoms with Crippen molar-refractivity contribution in [2.24, 2.45) is 11.8 Å². The van der Waals surface area contributed by atoms with Gasteiger partial charge in [-0.2, -0.15) is 0 Å². The molecule has 0 radical (unpaired) electrons. The molecule has 5 heteroatoms. The van der Waals surface area contributed by atoms with Crippen molar-refractivity contribution in [3.8, 4) is 0 Å². The molecule has 0 spiro atoms. The van der Waals surface area contributed by atoms with Gasteiger partial charge in [0.15, 0.2) is 5.78 Å². The van der Waals surface area contributed by atoms with Crippen molar-refractivity contribution in [1.82, 2.24) is 4.57 Å². The highest BCUT2D eigenvalue weighted by Crippen LogP contribution is 2.32. The van der Waals surface area contributed by atoms with Crippen molar-refractivity contribution in [3.63, 3.8) is 0 Å². The Morgan fingerprint density at radius 3 is 2.34 bits per heavy atom. The lowest BCUT2D eigenvalue weighted by atomic mass is 9.94. The van der Waals surface area contributed by atoms with Gasteiger partial charge in [-0.05, 0) is 36.1 Å². The number of Topliss-reactive ketones (excluding diaryl/α,β-unsaturated/α-hetero) is 1. The van der Waals surface area contributed by atoms with E-state index in [4.69, 9.17) is 11.6 Å². The number of fused-ring (bicyclic) bond motifs is 1. The molecule has 0 fully saturated rings. The molecule has 1 aromatic heterocycles. The van der Waals surface area contributed by atoms with E-state index >= 15 is 0 Å². The number of ketones is 1. The molecule has 3 aromatic rings. The molecule has 0 unspecified atom stereocenters. The summed E-state index contributed by atoms with van der Waals surface area (Å²) >= 11 is 6.41. The lowest BCUT2D eigenvalue weighted by molar-refractivity contribution is 0.0696. The maximum atomic E-state index is 13.2. The second kappa shape index (κ2) is 8.42. The highest BCUT2D eigenvalue weighted by Gasteiger charge is 2.25. The molecular formula is C24H26ClNO3. The predicted molar refractivity (Wildman–Crippen MR) is 117 cm³/mol. The van der Waals surface area contributed by atoms with Gasteiger partial charge >= 0.3 is 5.97 Å². The van der Waals surface area contributed by atoms with Crippen molar-refractivity contribution in [1.29, 1.82) is 0 Å². The second-order valence-electron chi connectivity index (χ2n) is 8.15. The largest absolute Gasteiger partial charge is 0.478 e. The van der Waals surface area contributed by atoms with Crippen LogP contribution >= 0.6 is 11.6 Å². The summed E-state index contributed by atoms with van der Waals surface area (Å²) in [5.41, 5.74) is 3.53. The van der Waals surface area contributed by atoms with Crippen LogP contribution in [0.5, 0.6) is 0 Å². The van der Waals surface area contributed by atoms with E-state index in [-0.39, 0.29) is 17.3 Å². The van der Waals surface area contributed by atoms with E-state index in [0.29, 0.717) is 23.0 Å². The third-order valence-electron chi connectivity index (χ3n) is 5.08. The minimum Gasteiger partial charge on any atom is -0.478 e. The zero-order valence-corrected chi connectivity index (χ0v) is 18.0. The number of nitrogens with zero attached hydrogens (tertiary/aromatic N) is 1. The molecule has 0 aliphatic carbocycles. The summed E-state index contributed by atoms with van der Waals surface area (Å²) in [5.74, 6) is -0.729. The van der Waals surface area contributed by atoms with E-state index in [1.165, 1.54) is 0 Å². The number of rotatable bonds is 7. The van der Waals surface area contributed by atoms with Crippen LogP contribution < -0.4 is 0 Å². The fraction of sp³-hybridized carbons (Fsp3) is 0.333. The fourth-order valence-electron chi connectivity index (χ4n) is 3.68. The Balaban J connectivity index is 2.35. The molecule has 0 atom stereocenters. The standard InChI is InChI=1S/C24H26ClNO3/c1-14(2)11-21-22(23(27)15(3)4)18-10-9-16(24(28)29)12-20(18)26(21)13-17-7-5-6-8-19(17)25/h5-10,12,14-15H,11,13H2,1-4H3,(H,28,29). The van der Waals surface area contributed by atoms with Gasteiger partial charge in [0, 0.05) is 34.1 Å². The first-order valence-electron chi connectivity index (χ1n) is 9.86. The minimum absolute atomic E-state index is 0.0756. The third kappa shape index (κ3) is 4.23. The Hall–Kier alpha value is -2.59. The number of carbonyl (C=O) groups excluding carboxylic acids is 1. The van der Waals surface area contributed by atoms with Crippen LogP contribution in [0.15, 0.2) is 42.5 Å². The number of aromatic carboxylic acids is 1. The zero-order valence-electron chi connectivity index (χ0n) is 17.2. The number of halogens is 1. The monoisotopic (exact) mass is 411 g/mol. The number of hydrogen-bond donors (Lipinski definition) is 1. The Kier molecular flexibility index (Phi) is 6.13. The molecule has 152 valence electrons. The van der Waals surface area contributed by atoms with Crippen molar-refractivity contribution in [2.75, 3.05) is 0 Å². The molecule has 0 aliphatic heterocycles. The molecule has 1 heterocycles. The average Bonchev–Trinajstić information content (AvgIpc) is 2.94. The van der Waals surface area contributed by atoms with Gasteiger partial charge in [0.25, 0.3) is 0 Å². The Morgan fingerprint density at radius 2 is 1.76 bits per heavy atom. The molecule has 4 nitrogen and oxygen atoms in total. The van der Waals surface area contributed by atoms with Gasteiger partial charge in [-0.25, -0.2) is 4.79 Å².